The minimum absolute atomic E-state index is 0.0439. The van der Waals surface area contributed by atoms with Gasteiger partial charge >= 0.3 is 6.03 Å². The quantitative estimate of drug-likeness (QED) is 0.832. The van der Waals surface area contributed by atoms with E-state index in [1.54, 1.807) is 7.05 Å². The average molecular weight is 359 g/mol. The summed E-state index contributed by atoms with van der Waals surface area (Å²) in [5.74, 6) is 0.0452. The van der Waals surface area contributed by atoms with E-state index in [9.17, 15) is 9.59 Å². The first kappa shape index (κ1) is 18.5. The Morgan fingerprint density at radius 2 is 1.65 bits per heavy atom. The van der Waals surface area contributed by atoms with E-state index in [1.807, 2.05) is 23.1 Å². The van der Waals surface area contributed by atoms with E-state index >= 15 is 0 Å². The molecule has 0 aromatic heterocycles. The van der Waals surface area contributed by atoms with Crippen molar-refractivity contribution in [1.82, 2.24) is 20.4 Å². The number of piperazine rings is 1. The second-order valence-corrected chi connectivity index (χ2v) is 6.98. The number of piperidine rings is 1. The van der Waals surface area contributed by atoms with Crippen molar-refractivity contribution in [3.8, 4) is 0 Å². The Morgan fingerprint density at radius 3 is 2.27 bits per heavy atom. The number of hydrogen-bond acceptors (Lipinski definition) is 4. The molecule has 7 heteroatoms. The summed E-state index contributed by atoms with van der Waals surface area (Å²) >= 11 is 0. The summed E-state index contributed by atoms with van der Waals surface area (Å²) in [7, 11) is 1.66. The number of anilines is 1. The summed E-state index contributed by atoms with van der Waals surface area (Å²) in [5, 5.41) is 5.83. The number of hydrogen-bond donors (Lipinski definition) is 2. The van der Waals surface area contributed by atoms with Crippen molar-refractivity contribution in [2.24, 2.45) is 0 Å². The van der Waals surface area contributed by atoms with Crippen LogP contribution < -0.4 is 15.5 Å². The topological polar surface area (TPSA) is 67.9 Å². The van der Waals surface area contributed by atoms with Crippen LogP contribution in [0.25, 0.3) is 0 Å². The molecule has 1 aromatic carbocycles. The molecule has 26 heavy (non-hydrogen) atoms. The number of urea groups is 1. The number of nitrogens with one attached hydrogen (secondary N) is 2. The van der Waals surface area contributed by atoms with Gasteiger partial charge in [-0.2, -0.15) is 0 Å². The number of carbonyl (C=O) groups excluding carboxylic acids is 2. The molecule has 2 heterocycles. The van der Waals surface area contributed by atoms with Crippen LogP contribution in [0.4, 0.5) is 10.5 Å². The molecule has 0 atom stereocenters. The minimum atomic E-state index is 0.0439. The predicted molar refractivity (Wildman–Crippen MR) is 102 cm³/mol. The van der Waals surface area contributed by atoms with Crippen LogP contribution in [-0.2, 0) is 4.79 Å². The van der Waals surface area contributed by atoms with Gasteiger partial charge < -0.3 is 20.4 Å². The van der Waals surface area contributed by atoms with Crippen LogP contribution in [0.5, 0.6) is 0 Å². The molecule has 3 rings (SSSR count). The maximum atomic E-state index is 12.5. The van der Waals surface area contributed by atoms with Crippen LogP contribution in [0.3, 0.4) is 0 Å². The first-order valence-electron chi connectivity index (χ1n) is 9.44. The van der Waals surface area contributed by atoms with Crippen molar-refractivity contribution in [2.45, 2.75) is 18.9 Å². The normalized spacial score (nSPS) is 19.3. The highest BCUT2D eigenvalue weighted by molar-refractivity contribution is 5.77. The van der Waals surface area contributed by atoms with Gasteiger partial charge in [-0.25, -0.2) is 4.79 Å². The Morgan fingerprint density at radius 1 is 1.00 bits per heavy atom. The molecule has 0 spiro atoms. The summed E-state index contributed by atoms with van der Waals surface area (Å²) in [5.41, 5.74) is 1.22. The van der Waals surface area contributed by atoms with Gasteiger partial charge in [-0.05, 0) is 25.0 Å². The zero-order chi connectivity index (χ0) is 18.4. The monoisotopic (exact) mass is 359 g/mol. The summed E-state index contributed by atoms with van der Waals surface area (Å²) in [6.45, 7) is 5.36. The Bertz CT molecular complexity index is 593. The van der Waals surface area contributed by atoms with Crippen LogP contribution in [0.1, 0.15) is 12.8 Å². The van der Waals surface area contributed by atoms with Crippen LogP contribution >= 0.6 is 0 Å². The molecule has 1 aromatic rings. The van der Waals surface area contributed by atoms with E-state index in [2.05, 4.69) is 32.6 Å². The first-order valence-corrected chi connectivity index (χ1v) is 9.44. The molecule has 0 unspecified atom stereocenters. The summed E-state index contributed by atoms with van der Waals surface area (Å²) in [6.07, 6.45) is 1.79. The fourth-order valence-electron chi connectivity index (χ4n) is 3.59. The maximum Gasteiger partial charge on any atom is 0.317 e. The molecule has 0 saturated carbocycles. The fraction of sp³-hybridized carbons (Fsp3) is 0.579. The minimum Gasteiger partial charge on any atom is -0.368 e. The molecule has 2 aliphatic rings. The Hall–Kier alpha value is -2.28. The maximum absolute atomic E-state index is 12.5. The Labute approximate surface area is 155 Å². The van der Waals surface area contributed by atoms with Crippen molar-refractivity contribution >= 4 is 17.6 Å². The summed E-state index contributed by atoms with van der Waals surface area (Å²) < 4.78 is 0. The highest BCUT2D eigenvalue weighted by atomic mass is 16.2. The molecular formula is C19H29N5O2. The highest BCUT2D eigenvalue weighted by Crippen LogP contribution is 2.16. The smallest absolute Gasteiger partial charge is 0.317 e. The summed E-state index contributed by atoms with van der Waals surface area (Å²) in [6, 6.07) is 10.6. The molecule has 142 valence electrons. The Kier molecular flexibility index (Phi) is 6.33. The SMILES string of the molecule is CNC(=O)CN1CCC(NC(=O)N2CCN(c3ccccc3)CC2)CC1. The van der Waals surface area contributed by atoms with Gasteiger partial charge in [-0.3, -0.25) is 9.69 Å². The van der Waals surface area contributed by atoms with E-state index in [0.29, 0.717) is 6.54 Å². The number of benzene rings is 1. The number of likely N-dealkylation sites (tertiary alicyclic amines) is 1. The average Bonchev–Trinajstić information content (AvgIpc) is 2.70. The number of amides is 3. The lowest BCUT2D eigenvalue weighted by molar-refractivity contribution is -0.122. The van der Waals surface area contributed by atoms with Crippen molar-refractivity contribution in [1.29, 1.82) is 0 Å². The first-order chi connectivity index (χ1) is 12.7. The third kappa shape index (κ3) is 4.88. The molecule has 3 amide bonds. The highest BCUT2D eigenvalue weighted by Gasteiger charge is 2.26. The number of rotatable bonds is 4. The van der Waals surface area contributed by atoms with Gasteiger partial charge in [0.15, 0.2) is 0 Å². The third-order valence-electron chi connectivity index (χ3n) is 5.25. The van der Waals surface area contributed by atoms with Crippen molar-refractivity contribution < 1.29 is 9.59 Å². The van der Waals surface area contributed by atoms with Crippen LogP contribution in [0.15, 0.2) is 30.3 Å². The molecule has 2 N–H and O–H groups in total. The van der Waals surface area contributed by atoms with Gasteiger partial charge in [-0.15, -0.1) is 0 Å². The number of likely N-dealkylation sites (N-methyl/N-ethyl adjacent to an activating group) is 1. The lowest BCUT2D eigenvalue weighted by Crippen LogP contribution is -2.55. The van der Waals surface area contributed by atoms with E-state index in [0.717, 1.165) is 52.1 Å². The molecular weight excluding hydrogens is 330 g/mol. The van der Waals surface area contributed by atoms with Gasteiger partial charge in [0.1, 0.15) is 0 Å². The molecule has 0 radical (unpaired) electrons. The van der Waals surface area contributed by atoms with E-state index in [1.165, 1.54) is 5.69 Å². The third-order valence-corrected chi connectivity index (χ3v) is 5.25. The molecule has 2 fully saturated rings. The van der Waals surface area contributed by atoms with Crippen LogP contribution in [0.2, 0.25) is 0 Å². The number of carbonyl (C=O) groups is 2. The zero-order valence-electron chi connectivity index (χ0n) is 15.5. The number of nitrogens with zero attached hydrogens (tertiary/aromatic N) is 3. The second-order valence-electron chi connectivity index (χ2n) is 6.98. The fourth-order valence-corrected chi connectivity index (χ4v) is 3.59. The van der Waals surface area contributed by atoms with E-state index < -0.39 is 0 Å². The lowest BCUT2D eigenvalue weighted by Gasteiger charge is -2.38. The molecule has 7 nitrogen and oxygen atoms in total. The van der Waals surface area contributed by atoms with E-state index in [-0.39, 0.29) is 18.0 Å². The molecule has 2 aliphatic heterocycles. The van der Waals surface area contributed by atoms with Gasteiger partial charge in [0.25, 0.3) is 0 Å². The van der Waals surface area contributed by atoms with Crippen LogP contribution in [-0.4, -0.2) is 80.6 Å². The zero-order valence-corrected chi connectivity index (χ0v) is 15.5. The summed E-state index contributed by atoms with van der Waals surface area (Å²) in [4.78, 5) is 30.3. The van der Waals surface area contributed by atoms with Gasteiger partial charge in [0, 0.05) is 58.0 Å². The van der Waals surface area contributed by atoms with Gasteiger partial charge in [-0.1, -0.05) is 18.2 Å². The predicted octanol–water partition coefficient (Wildman–Crippen LogP) is 0.729. The van der Waals surface area contributed by atoms with Crippen molar-refractivity contribution in [3.05, 3.63) is 30.3 Å². The lowest BCUT2D eigenvalue weighted by atomic mass is 10.1. The van der Waals surface area contributed by atoms with E-state index in [4.69, 9.17) is 0 Å². The molecule has 2 saturated heterocycles. The number of para-hydroxylation sites is 1. The molecule has 0 bridgehead atoms. The largest absolute Gasteiger partial charge is 0.368 e. The Balaban J connectivity index is 1.39. The second kappa shape index (κ2) is 8.89. The van der Waals surface area contributed by atoms with Gasteiger partial charge in [0.2, 0.25) is 5.91 Å². The molecule has 0 aliphatic carbocycles. The van der Waals surface area contributed by atoms with Crippen LogP contribution in [0, 0.1) is 0 Å². The van der Waals surface area contributed by atoms with Gasteiger partial charge in [0.05, 0.1) is 6.54 Å². The van der Waals surface area contributed by atoms with Crippen molar-refractivity contribution in [2.75, 3.05) is 57.8 Å². The standard InChI is InChI=1S/C19H29N5O2/c1-20-18(25)15-22-9-7-16(8-10-22)21-19(26)24-13-11-23(12-14-24)17-5-3-2-4-6-17/h2-6,16H,7-15H2,1H3,(H,20,25)(H,21,26). The van der Waals surface area contributed by atoms with Crippen molar-refractivity contribution in [3.63, 3.8) is 0 Å².